The summed E-state index contributed by atoms with van der Waals surface area (Å²) in [5, 5.41) is 0. The Morgan fingerprint density at radius 3 is 2.81 bits per heavy atom. The molecular formula is C16H17FN2O2. The fourth-order valence-corrected chi connectivity index (χ4v) is 2.01. The number of carbonyl (C=O) groups excluding carboxylic acids is 1. The molecule has 2 aromatic rings. The van der Waals surface area contributed by atoms with Gasteiger partial charge in [0.05, 0.1) is 6.61 Å². The first-order valence-electron chi connectivity index (χ1n) is 6.69. The minimum atomic E-state index is -0.663. The Hall–Kier alpha value is -2.43. The largest absolute Gasteiger partial charge is 0.494 e. The summed E-state index contributed by atoms with van der Waals surface area (Å²) >= 11 is 0. The lowest BCUT2D eigenvalue weighted by Crippen LogP contribution is -2.26. The molecule has 5 heteroatoms. The molecular weight excluding hydrogens is 271 g/mol. The fourth-order valence-electron chi connectivity index (χ4n) is 2.01. The van der Waals surface area contributed by atoms with Crippen LogP contribution < -0.4 is 4.74 Å². The summed E-state index contributed by atoms with van der Waals surface area (Å²) in [6.45, 7) is 2.86. The number of rotatable bonds is 5. The lowest BCUT2D eigenvalue weighted by atomic mass is 10.1. The molecule has 0 radical (unpaired) electrons. The number of carbonyl (C=O) groups is 1. The molecule has 0 aliphatic heterocycles. The number of para-hydroxylation sites is 1. The van der Waals surface area contributed by atoms with E-state index in [9.17, 15) is 9.18 Å². The number of hydrogen-bond acceptors (Lipinski definition) is 3. The maximum absolute atomic E-state index is 13.1. The number of ether oxygens (including phenoxy) is 1. The van der Waals surface area contributed by atoms with Crippen molar-refractivity contribution in [3.63, 3.8) is 0 Å². The van der Waals surface area contributed by atoms with E-state index in [0.29, 0.717) is 13.2 Å². The lowest BCUT2D eigenvalue weighted by molar-refractivity contribution is 0.0783. The van der Waals surface area contributed by atoms with Crippen molar-refractivity contribution in [2.24, 2.45) is 0 Å². The van der Waals surface area contributed by atoms with Crippen LogP contribution in [-0.2, 0) is 6.54 Å². The van der Waals surface area contributed by atoms with Gasteiger partial charge in [-0.1, -0.05) is 18.2 Å². The molecule has 0 unspecified atom stereocenters. The van der Waals surface area contributed by atoms with Gasteiger partial charge in [-0.3, -0.25) is 4.79 Å². The van der Waals surface area contributed by atoms with Crippen LogP contribution in [0, 0.1) is 5.95 Å². The summed E-state index contributed by atoms with van der Waals surface area (Å²) in [5.41, 5.74) is 1.18. The molecule has 0 aliphatic rings. The van der Waals surface area contributed by atoms with E-state index in [0.717, 1.165) is 17.4 Å². The molecule has 1 aromatic carbocycles. The van der Waals surface area contributed by atoms with Crippen LogP contribution in [0.2, 0.25) is 0 Å². The van der Waals surface area contributed by atoms with E-state index in [1.54, 1.807) is 7.05 Å². The molecule has 1 aromatic heterocycles. The molecule has 2 rings (SSSR count). The first kappa shape index (κ1) is 15.0. The average Bonchev–Trinajstić information content (AvgIpc) is 2.48. The second-order valence-corrected chi connectivity index (χ2v) is 4.57. The molecule has 110 valence electrons. The van der Waals surface area contributed by atoms with E-state index in [2.05, 4.69) is 4.98 Å². The van der Waals surface area contributed by atoms with Crippen molar-refractivity contribution in [1.29, 1.82) is 0 Å². The van der Waals surface area contributed by atoms with Crippen LogP contribution in [-0.4, -0.2) is 29.4 Å². The zero-order chi connectivity index (χ0) is 15.2. The molecule has 21 heavy (non-hydrogen) atoms. The van der Waals surface area contributed by atoms with Gasteiger partial charge in [0.1, 0.15) is 5.75 Å². The zero-order valence-electron chi connectivity index (χ0n) is 12.0. The van der Waals surface area contributed by atoms with Gasteiger partial charge in [0.25, 0.3) is 5.91 Å². The minimum absolute atomic E-state index is 0.261. The summed E-state index contributed by atoms with van der Waals surface area (Å²) < 4.78 is 18.6. The van der Waals surface area contributed by atoms with Gasteiger partial charge in [0.15, 0.2) is 0 Å². The predicted octanol–water partition coefficient (Wildman–Crippen LogP) is 2.89. The van der Waals surface area contributed by atoms with Gasteiger partial charge in [-0.15, -0.1) is 0 Å². The quantitative estimate of drug-likeness (QED) is 0.794. The average molecular weight is 288 g/mol. The van der Waals surface area contributed by atoms with Crippen LogP contribution in [0.5, 0.6) is 5.75 Å². The van der Waals surface area contributed by atoms with E-state index >= 15 is 0 Å². The molecule has 0 N–H and O–H groups in total. The Bertz CT molecular complexity index is 631. The molecule has 0 spiro atoms. The van der Waals surface area contributed by atoms with Gasteiger partial charge < -0.3 is 9.64 Å². The van der Waals surface area contributed by atoms with Crippen LogP contribution in [0.4, 0.5) is 4.39 Å². The van der Waals surface area contributed by atoms with Gasteiger partial charge in [0, 0.05) is 37.0 Å². The van der Waals surface area contributed by atoms with Crippen molar-refractivity contribution in [2.45, 2.75) is 13.5 Å². The first-order valence-corrected chi connectivity index (χ1v) is 6.69. The predicted molar refractivity (Wildman–Crippen MR) is 77.6 cm³/mol. The summed E-state index contributed by atoms with van der Waals surface area (Å²) in [6.07, 6.45) is 1.28. The molecule has 0 aliphatic carbocycles. The smallest absolute Gasteiger partial charge is 0.254 e. The van der Waals surface area contributed by atoms with Crippen LogP contribution in [0.15, 0.2) is 42.6 Å². The highest BCUT2D eigenvalue weighted by molar-refractivity contribution is 5.93. The third-order valence-corrected chi connectivity index (χ3v) is 3.00. The zero-order valence-corrected chi connectivity index (χ0v) is 12.0. The summed E-state index contributed by atoms with van der Waals surface area (Å²) in [5.74, 6) is -0.174. The Labute approximate surface area is 123 Å². The third kappa shape index (κ3) is 3.78. The van der Waals surface area contributed by atoms with E-state index in [1.165, 1.54) is 17.2 Å². The molecule has 0 saturated heterocycles. The van der Waals surface area contributed by atoms with Crippen LogP contribution in [0.3, 0.4) is 0 Å². The van der Waals surface area contributed by atoms with Crippen LogP contribution in [0.25, 0.3) is 0 Å². The molecule has 1 heterocycles. The van der Waals surface area contributed by atoms with E-state index < -0.39 is 5.95 Å². The highest BCUT2D eigenvalue weighted by Gasteiger charge is 2.14. The van der Waals surface area contributed by atoms with E-state index in [-0.39, 0.29) is 11.5 Å². The summed E-state index contributed by atoms with van der Waals surface area (Å²) in [4.78, 5) is 17.2. The Morgan fingerprint density at radius 2 is 2.10 bits per heavy atom. The minimum Gasteiger partial charge on any atom is -0.494 e. The first-order chi connectivity index (χ1) is 10.1. The Morgan fingerprint density at radius 1 is 1.33 bits per heavy atom. The molecule has 0 atom stereocenters. The van der Waals surface area contributed by atoms with Gasteiger partial charge >= 0.3 is 0 Å². The molecule has 0 bridgehead atoms. The van der Waals surface area contributed by atoms with Crippen LogP contribution in [0.1, 0.15) is 22.8 Å². The van der Waals surface area contributed by atoms with E-state index in [4.69, 9.17) is 4.74 Å². The SMILES string of the molecule is CCOc1ccccc1CN(C)C(=O)c1ccnc(F)c1. The molecule has 0 fully saturated rings. The van der Waals surface area contributed by atoms with Crippen molar-refractivity contribution >= 4 is 5.91 Å². The van der Waals surface area contributed by atoms with Crippen molar-refractivity contribution < 1.29 is 13.9 Å². The molecule has 0 saturated carbocycles. The number of nitrogens with zero attached hydrogens (tertiary/aromatic N) is 2. The number of halogens is 1. The second-order valence-electron chi connectivity index (χ2n) is 4.57. The number of pyridine rings is 1. The number of amides is 1. The van der Waals surface area contributed by atoms with Crippen molar-refractivity contribution in [2.75, 3.05) is 13.7 Å². The summed E-state index contributed by atoms with van der Waals surface area (Å²) in [7, 11) is 1.67. The summed E-state index contributed by atoms with van der Waals surface area (Å²) in [6, 6.07) is 10.2. The molecule has 1 amide bonds. The lowest BCUT2D eigenvalue weighted by Gasteiger charge is -2.19. The van der Waals surface area contributed by atoms with Crippen molar-refractivity contribution in [3.8, 4) is 5.75 Å². The second kappa shape index (κ2) is 6.83. The number of benzene rings is 1. The Kier molecular flexibility index (Phi) is 4.87. The van der Waals surface area contributed by atoms with Gasteiger partial charge in [0.2, 0.25) is 5.95 Å². The fraction of sp³-hybridized carbons (Fsp3) is 0.250. The maximum Gasteiger partial charge on any atom is 0.254 e. The van der Waals surface area contributed by atoms with Crippen LogP contribution >= 0.6 is 0 Å². The van der Waals surface area contributed by atoms with Crippen molar-refractivity contribution in [1.82, 2.24) is 9.88 Å². The monoisotopic (exact) mass is 288 g/mol. The maximum atomic E-state index is 13.1. The highest BCUT2D eigenvalue weighted by atomic mass is 19.1. The highest BCUT2D eigenvalue weighted by Crippen LogP contribution is 2.20. The van der Waals surface area contributed by atoms with Gasteiger partial charge in [-0.05, 0) is 19.1 Å². The number of aromatic nitrogens is 1. The Balaban J connectivity index is 2.14. The molecule has 4 nitrogen and oxygen atoms in total. The normalized spacial score (nSPS) is 10.2. The standard InChI is InChI=1S/C16H17FN2O2/c1-3-21-14-7-5-4-6-13(14)11-19(2)16(20)12-8-9-18-15(17)10-12/h4-10H,3,11H2,1-2H3. The van der Waals surface area contributed by atoms with Crippen molar-refractivity contribution in [3.05, 3.63) is 59.7 Å². The van der Waals surface area contributed by atoms with Gasteiger partial charge in [-0.2, -0.15) is 4.39 Å². The third-order valence-electron chi connectivity index (χ3n) is 3.00. The topological polar surface area (TPSA) is 42.4 Å². The van der Waals surface area contributed by atoms with Gasteiger partial charge in [-0.25, -0.2) is 4.98 Å². The van der Waals surface area contributed by atoms with E-state index in [1.807, 2.05) is 31.2 Å². The number of hydrogen-bond donors (Lipinski definition) is 0.